The van der Waals surface area contributed by atoms with Gasteiger partial charge in [-0.05, 0) is 34.6 Å². The molecular weight excluding hydrogens is 364 g/mol. The van der Waals surface area contributed by atoms with Gasteiger partial charge in [-0.2, -0.15) is 0 Å². The number of aromatic nitrogens is 1. The zero-order valence-corrected chi connectivity index (χ0v) is 16.6. The molecule has 0 aliphatic carbocycles. The highest BCUT2D eigenvalue weighted by molar-refractivity contribution is 5.89. The van der Waals surface area contributed by atoms with Crippen LogP contribution in [0.3, 0.4) is 0 Å². The Morgan fingerprint density at radius 2 is 1.79 bits per heavy atom. The molecule has 29 heavy (non-hydrogen) atoms. The van der Waals surface area contributed by atoms with Crippen molar-refractivity contribution in [1.82, 2.24) is 4.98 Å². The van der Waals surface area contributed by atoms with Crippen LogP contribution in [0.25, 0.3) is 10.8 Å². The Balaban J connectivity index is 1.66. The maximum Gasteiger partial charge on any atom is 0.306 e. The van der Waals surface area contributed by atoms with Crippen molar-refractivity contribution in [3.05, 3.63) is 77.6 Å². The average Bonchev–Trinajstić information content (AvgIpc) is 2.74. The fourth-order valence-electron chi connectivity index (χ4n) is 3.31. The number of nitrogens with two attached hydrogens (primary N) is 1. The van der Waals surface area contributed by atoms with Gasteiger partial charge in [0.05, 0.1) is 5.92 Å². The van der Waals surface area contributed by atoms with Crippen LogP contribution in [0.15, 0.2) is 60.9 Å². The largest absolute Gasteiger partial charge is 0.461 e. The molecule has 2 N–H and O–H groups in total. The fourth-order valence-corrected chi connectivity index (χ4v) is 3.31. The standard InChI is InChI=1S/C24H26N2O3/c1-2-3-24(28)29-16-17-4-7-19(8-5-17)22(14-25)23(27)13-18-6-9-21-15-26-11-10-20(21)12-18/h4-12,15,22H,2-3,13-14,16,25H2,1H3. The number of esters is 1. The highest BCUT2D eigenvalue weighted by Crippen LogP contribution is 2.21. The lowest BCUT2D eigenvalue weighted by Crippen LogP contribution is -2.23. The maximum atomic E-state index is 12.9. The summed E-state index contributed by atoms with van der Waals surface area (Å²) >= 11 is 0. The molecule has 3 rings (SSSR count). The number of carbonyl (C=O) groups excluding carboxylic acids is 2. The van der Waals surface area contributed by atoms with Gasteiger partial charge in [-0.15, -0.1) is 0 Å². The first-order valence-corrected chi connectivity index (χ1v) is 9.90. The van der Waals surface area contributed by atoms with Crippen LogP contribution in [0.1, 0.15) is 42.4 Å². The zero-order valence-electron chi connectivity index (χ0n) is 16.6. The predicted molar refractivity (Wildman–Crippen MR) is 113 cm³/mol. The van der Waals surface area contributed by atoms with Crippen molar-refractivity contribution in [2.24, 2.45) is 5.73 Å². The second-order valence-corrected chi connectivity index (χ2v) is 7.14. The van der Waals surface area contributed by atoms with Gasteiger partial charge < -0.3 is 10.5 Å². The highest BCUT2D eigenvalue weighted by atomic mass is 16.5. The van der Waals surface area contributed by atoms with Gasteiger partial charge in [0.25, 0.3) is 0 Å². The highest BCUT2D eigenvalue weighted by Gasteiger charge is 2.19. The molecule has 0 bridgehead atoms. The predicted octanol–water partition coefficient (Wildman–Crippen LogP) is 3.93. The number of benzene rings is 2. The van der Waals surface area contributed by atoms with Gasteiger partial charge in [-0.1, -0.05) is 49.4 Å². The second-order valence-electron chi connectivity index (χ2n) is 7.14. The minimum atomic E-state index is -0.361. The topological polar surface area (TPSA) is 82.3 Å². The number of ketones is 1. The van der Waals surface area contributed by atoms with Crippen LogP contribution in [0.2, 0.25) is 0 Å². The summed E-state index contributed by atoms with van der Waals surface area (Å²) in [5.74, 6) is -0.472. The number of hydrogen-bond donors (Lipinski definition) is 1. The minimum Gasteiger partial charge on any atom is -0.461 e. The lowest BCUT2D eigenvalue weighted by molar-refractivity contribution is -0.145. The number of rotatable bonds is 9. The van der Waals surface area contributed by atoms with E-state index in [4.69, 9.17) is 10.5 Å². The van der Waals surface area contributed by atoms with E-state index in [1.165, 1.54) is 0 Å². The average molecular weight is 390 g/mol. The smallest absolute Gasteiger partial charge is 0.306 e. The molecule has 5 heteroatoms. The Kier molecular flexibility index (Phi) is 7.09. The molecule has 0 aliphatic rings. The molecule has 1 heterocycles. The molecule has 5 nitrogen and oxygen atoms in total. The van der Waals surface area contributed by atoms with Gasteiger partial charge >= 0.3 is 5.97 Å². The van der Waals surface area contributed by atoms with Crippen molar-refractivity contribution in [3.63, 3.8) is 0 Å². The van der Waals surface area contributed by atoms with Crippen molar-refractivity contribution in [2.45, 2.75) is 38.7 Å². The van der Waals surface area contributed by atoms with Gasteiger partial charge in [0.15, 0.2) is 0 Å². The van der Waals surface area contributed by atoms with Gasteiger partial charge in [0.1, 0.15) is 12.4 Å². The molecule has 1 aromatic heterocycles. The third-order valence-electron chi connectivity index (χ3n) is 4.94. The molecule has 0 saturated carbocycles. The van der Waals surface area contributed by atoms with Crippen LogP contribution >= 0.6 is 0 Å². The van der Waals surface area contributed by atoms with Crippen LogP contribution in [-0.2, 0) is 27.4 Å². The van der Waals surface area contributed by atoms with Crippen LogP contribution in [0.4, 0.5) is 0 Å². The van der Waals surface area contributed by atoms with Crippen molar-refractivity contribution >= 4 is 22.5 Å². The molecule has 1 atom stereocenters. The van der Waals surface area contributed by atoms with E-state index in [1.807, 2.05) is 61.7 Å². The molecule has 2 aromatic carbocycles. The summed E-state index contributed by atoms with van der Waals surface area (Å²) in [6.45, 7) is 2.43. The maximum absolute atomic E-state index is 12.9. The van der Waals surface area contributed by atoms with E-state index in [0.29, 0.717) is 12.8 Å². The molecule has 150 valence electrons. The van der Waals surface area contributed by atoms with Crippen molar-refractivity contribution in [2.75, 3.05) is 6.54 Å². The second kappa shape index (κ2) is 9.94. The lowest BCUT2D eigenvalue weighted by Gasteiger charge is -2.15. The van der Waals surface area contributed by atoms with Crippen LogP contribution in [0.5, 0.6) is 0 Å². The van der Waals surface area contributed by atoms with E-state index in [-0.39, 0.29) is 30.8 Å². The molecule has 0 saturated heterocycles. The molecule has 1 unspecified atom stereocenters. The number of carbonyl (C=O) groups is 2. The Morgan fingerprint density at radius 1 is 1.03 bits per heavy atom. The Labute approximate surface area is 170 Å². The normalized spacial score (nSPS) is 11.9. The summed E-state index contributed by atoms with van der Waals surface area (Å²) in [5.41, 5.74) is 8.66. The SMILES string of the molecule is CCCC(=O)OCc1ccc(C(CN)C(=O)Cc2ccc3cnccc3c2)cc1. The van der Waals surface area contributed by atoms with E-state index in [2.05, 4.69) is 4.98 Å². The molecule has 3 aromatic rings. The third kappa shape index (κ3) is 5.48. The van der Waals surface area contributed by atoms with E-state index >= 15 is 0 Å². The van der Waals surface area contributed by atoms with Gasteiger partial charge in [0.2, 0.25) is 0 Å². The first kappa shape index (κ1) is 20.7. The zero-order chi connectivity index (χ0) is 20.6. The van der Waals surface area contributed by atoms with Crippen LogP contribution in [-0.4, -0.2) is 23.3 Å². The quantitative estimate of drug-likeness (QED) is 0.560. The number of Topliss-reactive ketones (excluding diaryl/α,β-unsaturated/α-hetero) is 1. The minimum absolute atomic E-state index is 0.0861. The summed E-state index contributed by atoms with van der Waals surface area (Å²) in [4.78, 5) is 28.5. The Hall–Kier alpha value is -3.05. The van der Waals surface area contributed by atoms with E-state index < -0.39 is 0 Å². The van der Waals surface area contributed by atoms with E-state index in [0.717, 1.165) is 33.9 Å². The van der Waals surface area contributed by atoms with Crippen LogP contribution < -0.4 is 5.73 Å². The Bertz CT molecular complexity index is 983. The number of nitrogens with zero attached hydrogens (tertiary/aromatic N) is 1. The first-order valence-electron chi connectivity index (χ1n) is 9.90. The molecule has 0 aliphatic heterocycles. The lowest BCUT2D eigenvalue weighted by atomic mass is 9.90. The number of fused-ring (bicyclic) bond motifs is 1. The number of hydrogen-bond acceptors (Lipinski definition) is 5. The third-order valence-corrected chi connectivity index (χ3v) is 4.94. The van der Waals surface area contributed by atoms with E-state index in [9.17, 15) is 9.59 Å². The first-order chi connectivity index (χ1) is 14.1. The van der Waals surface area contributed by atoms with Gasteiger partial charge in [0, 0.05) is 37.2 Å². The molecule has 0 amide bonds. The summed E-state index contributed by atoms with van der Waals surface area (Å²) < 4.78 is 5.22. The molecule has 0 fully saturated rings. The van der Waals surface area contributed by atoms with Crippen molar-refractivity contribution in [3.8, 4) is 0 Å². The number of ether oxygens (including phenoxy) is 1. The van der Waals surface area contributed by atoms with Crippen molar-refractivity contribution in [1.29, 1.82) is 0 Å². The van der Waals surface area contributed by atoms with Gasteiger partial charge in [-0.25, -0.2) is 0 Å². The molecule has 0 radical (unpaired) electrons. The van der Waals surface area contributed by atoms with E-state index in [1.54, 1.807) is 6.20 Å². The summed E-state index contributed by atoms with van der Waals surface area (Å²) in [6.07, 6.45) is 5.08. The summed E-state index contributed by atoms with van der Waals surface area (Å²) in [6, 6.07) is 15.5. The molecule has 0 spiro atoms. The Morgan fingerprint density at radius 3 is 2.52 bits per heavy atom. The van der Waals surface area contributed by atoms with Crippen LogP contribution in [0, 0.1) is 0 Å². The van der Waals surface area contributed by atoms with Gasteiger partial charge in [-0.3, -0.25) is 14.6 Å². The van der Waals surface area contributed by atoms with Crippen molar-refractivity contribution < 1.29 is 14.3 Å². The molecular formula is C24H26N2O3. The summed E-state index contributed by atoms with van der Waals surface area (Å²) in [5, 5.41) is 2.12. The monoisotopic (exact) mass is 390 g/mol. The number of pyridine rings is 1. The summed E-state index contributed by atoms with van der Waals surface area (Å²) in [7, 11) is 0. The fraction of sp³-hybridized carbons (Fsp3) is 0.292.